The van der Waals surface area contributed by atoms with Crippen LogP contribution >= 0.6 is 0 Å². The number of anilines is 1. The Labute approximate surface area is 119 Å². The van der Waals surface area contributed by atoms with E-state index in [0.717, 1.165) is 18.4 Å². The lowest BCUT2D eigenvalue weighted by molar-refractivity contribution is -0.134. The first-order valence-corrected chi connectivity index (χ1v) is 6.92. The van der Waals surface area contributed by atoms with Crippen LogP contribution in [0.4, 0.5) is 5.69 Å². The molecule has 1 aliphatic rings. The van der Waals surface area contributed by atoms with E-state index in [0.29, 0.717) is 24.6 Å². The van der Waals surface area contributed by atoms with Gasteiger partial charge in [-0.25, -0.2) is 0 Å². The summed E-state index contributed by atoms with van der Waals surface area (Å²) in [5.74, 6) is -0.0939. The second-order valence-corrected chi connectivity index (χ2v) is 5.33. The van der Waals surface area contributed by atoms with Crippen molar-refractivity contribution in [3.05, 3.63) is 29.8 Å². The fraction of sp³-hybridized carbons (Fsp3) is 0.467. The van der Waals surface area contributed by atoms with Gasteiger partial charge in [0.2, 0.25) is 11.8 Å². The van der Waals surface area contributed by atoms with Crippen LogP contribution in [-0.4, -0.2) is 36.3 Å². The largest absolute Gasteiger partial charge is 0.399 e. The Balaban J connectivity index is 1.72. The van der Waals surface area contributed by atoms with Gasteiger partial charge in [0.1, 0.15) is 0 Å². The molecule has 0 aromatic heterocycles. The number of nitrogens with one attached hydrogen (secondary N) is 1. The van der Waals surface area contributed by atoms with E-state index in [9.17, 15) is 9.59 Å². The molecule has 20 heavy (non-hydrogen) atoms. The Morgan fingerprint density at radius 3 is 2.55 bits per heavy atom. The number of hydrogen-bond acceptors (Lipinski definition) is 3. The van der Waals surface area contributed by atoms with Crippen LogP contribution < -0.4 is 11.1 Å². The first-order chi connectivity index (χ1) is 9.54. The number of carbonyl (C=O) groups is 2. The van der Waals surface area contributed by atoms with Crippen LogP contribution in [0.2, 0.25) is 0 Å². The summed E-state index contributed by atoms with van der Waals surface area (Å²) in [6, 6.07) is 7.82. The quantitative estimate of drug-likeness (QED) is 0.759. The smallest absolute Gasteiger partial charge is 0.239 e. The zero-order valence-electron chi connectivity index (χ0n) is 11.8. The summed E-state index contributed by atoms with van der Waals surface area (Å²) >= 11 is 0. The lowest BCUT2D eigenvalue weighted by Crippen LogP contribution is -2.39. The summed E-state index contributed by atoms with van der Waals surface area (Å²) in [4.78, 5) is 25.0. The third kappa shape index (κ3) is 4.57. The molecule has 0 radical (unpaired) electrons. The number of benzene rings is 1. The van der Waals surface area contributed by atoms with E-state index in [2.05, 4.69) is 5.32 Å². The fourth-order valence-electron chi connectivity index (χ4n) is 1.93. The van der Waals surface area contributed by atoms with Gasteiger partial charge in [-0.2, -0.15) is 0 Å². The highest BCUT2D eigenvalue weighted by atomic mass is 16.2. The van der Waals surface area contributed by atoms with E-state index >= 15 is 0 Å². The van der Waals surface area contributed by atoms with Crippen molar-refractivity contribution in [2.45, 2.75) is 31.7 Å². The van der Waals surface area contributed by atoms with Gasteiger partial charge in [-0.15, -0.1) is 0 Å². The SMILES string of the molecule is CN(CC(=O)NC1CC1)C(=O)CCc1ccc(N)cc1. The molecule has 5 nitrogen and oxygen atoms in total. The van der Waals surface area contributed by atoms with Gasteiger partial charge < -0.3 is 16.0 Å². The molecule has 1 aliphatic carbocycles. The van der Waals surface area contributed by atoms with Crippen molar-refractivity contribution in [1.29, 1.82) is 0 Å². The number of aryl methyl sites for hydroxylation is 1. The highest BCUT2D eigenvalue weighted by molar-refractivity contribution is 5.85. The number of hydrogen-bond donors (Lipinski definition) is 2. The van der Waals surface area contributed by atoms with Crippen LogP contribution in [0, 0.1) is 0 Å². The lowest BCUT2D eigenvalue weighted by atomic mass is 10.1. The van der Waals surface area contributed by atoms with Gasteiger partial charge in [0.25, 0.3) is 0 Å². The Hall–Kier alpha value is -2.04. The number of amides is 2. The summed E-state index contributed by atoms with van der Waals surface area (Å²) in [5.41, 5.74) is 7.40. The van der Waals surface area contributed by atoms with Crippen LogP contribution in [0.15, 0.2) is 24.3 Å². The van der Waals surface area contributed by atoms with Gasteiger partial charge in [-0.05, 0) is 37.0 Å². The van der Waals surface area contributed by atoms with E-state index in [4.69, 9.17) is 5.73 Å². The molecule has 0 unspecified atom stereocenters. The molecule has 1 saturated carbocycles. The second kappa shape index (κ2) is 6.41. The van der Waals surface area contributed by atoms with Crippen LogP contribution in [-0.2, 0) is 16.0 Å². The maximum absolute atomic E-state index is 11.9. The number of nitrogens with two attached hydrogens (primary N) is 1. The number of nitrogens with zero attached hydrogens (tertiary/aromatic N) is 1. The van der Waals surface area contributed by atoms with Gasteiger partial charge in [-0.3, -0.25) is 9.59 Å². The third-order valence-corrected chi connectivity index (χ3v) is 3.36. The summed E-state index contributed by atoms with van der Waals surface area (Å²) in [7, 11) is 1.66. The molecular weight excluding hydrogens is 254 g/mol. The van der Waals surface area contributed by atoms with E-state index in [1.54, 1.807) is 7.05 Å². The standard InChI is InChI=1S/C15H21N3O2/c1-18(10-14(19)17-13-7-8-13)15(20)9-4-11-2-5-12(16)6-3-11/h2-3,5-6,13H,4,7-10,16H2,1H3,(H,17,19). The summed E-state index contributed by atoms with van der Waals surface area (Å²) < 4.78 is 0. The summed E-state index contributed by atoms with van der Waals surface area (Å²) in [6.07, 6.45) is 3.17. The molecule has 2 rings (SSSR count). The topological polar surface area (TPSA) is 75.4 Å². The Kier molecular flexibility index (Phi) is 4.61. The molecule has 0 bridgehead atoms. The first-order valence-electron chi connectivity index (χ1n) is 6.92. The molecule has 0 heterocycles. The van der Waals surface area contributed by atoms with E-state index < -0.39 is 0 Å². The zero-order chi connectivity index (χ0) is 14.5. The van der Waals surface area contributed by atoms with Gasteiger partial charge in [0.05, 0.1) is 6.54 Å². The maximum Gasteiger partial charge on any atom is 0.239 e. The molecule has 0 aliphatic heterocycles. The Morgan fingerprint density at radius 2 is 1.95 bits per heavy atom. The van der Waals surface area contributed by atoms with E-state index in [1.807, 2.05) is 24.3 Å². The molecule has 5 heteroatoms. The number of nitrogen functional groups attached to an aromatic ring is 1. The van der Waals surface area contributed by atoms with Crippen LogP contribution in [0.1, 0.15) is 24.8 Å². The van der Waals surface area contributed by atoms with Crippen molar-refractivity contribution >= 4 is 17.5 Å². The van der Waals surface area contributed by atoms with E-state index in [-0.39, 0.29) is 18.4 Å². The van der Waals surface area contributed by atoms with Crippen molar-refractivity contribution < 1.29 is 9.59 Å². The minimum absolute atomic E-state index is 0.0206. The van der Waals surface area contributed by atoms with Crippen molar-refractivity contribution in [2.75, 3.05) is 19.3 Å². The lowest BCUT2D eigenvalue weighted by Gasteiger charge is -2.16. The molecule has 0 atom stereocenters. The molecule has 2 amide bonds. The molecule has 1 aromatic carbocycles. The Morgan fingerprint density at radius 1 is 1.30 bits per heavy atom. The number of likely N-dealkylation sites (N-methyl/N-ethyl adjacent to an activating group) is 1. The monoisotopic (exact) mass is 275 g/mol. The average Bonchev–Trinajstić information content (AvgIpc) is 3.21. The van der Waals surface area contributed by atoms with Crippen LogP contribution in [0.3, 0.4) is 0 Å². The van der Waals surface area contributed by atoms with Crippen molar-refractivity contribution in [2.24, 2.45) is 0 Å². The highest BCUT2D eigenvalue weighted by Crippen LogP contribution is 2.18. The predicted molar refractivity (Wildman–Crippen MR) is 78.0 cm³/mol. The first kappa shape index (κ1) is 14.4. The molecule has 108 valence electrons. The van der Waals surface area contributed by atoms with Gasteiger partial charge in [0.15, 0.2) is 0 Å². The van der Waals surface area contributed by atoms with Crippen LogP contribution in [0.25, 0.3) is 0 Å². The number of rotatable bonds is 6. The zero-order valence-corrected chi connectivity index (χ0v) is 11.8. The minimum Gasteiger partial charge on any atom is -0.399 e. The van der Waals surface area contributed by atoms with Crippen molar-refractivity contribution in [1.82, 2.24) is 10.2 Å². The molecule has 1 aromatic rings. The molecule has 1 fully saturated rings. The number of carbonyl (C=O) groups excluding carboxylic acids is 2. The average molecular weight is 275 g/mol. The van der Waals surface area contributed by atoms with Gasteiger partial charge in [0, 0.05) is 25.2 Å². The third-order valence-electron chi connectivity index (χ3n) is 3.36. The second-order valence-electron chi connectivity index (χ2n) is 5.33. The molecule has 3 N–H and O–H groups in total. The molecule has 0 saturated heterocycles. The predicted octanol–water partition coefficient (Wildman–Crippen LogP) is 0.938. The summed E-state index contributed by atoms with van der Waals surface area (Å²) in [5, 5.41) is 2.87. The van der Waals surface area contributed by atoms with Gasteiger partial charge in [-0.1, -0.05) is 12.1 Å². The van der Waals surface area contributed by atoms with Crippen molar-refractivity contribution in [3.63, 3.8) is 0 Å². The molecule has 0 spiro atoms. The minimum atomic E-state index is -0.0733. The maximum atomic E-state index is 11.9. The summed E-state index contributed by atoms with van der Waals surface area (Å²) in [6.45, 7) is 0.136. The van der Waals surface area contributed by atoms with Crippen LogP contribution in [0.5, 0.6) is 0 Å². The fourth-order valence-corrected chi connectivity index (χ4v) is 1.93. The molecular formula is C15H21N3O2. The van der Waals surface area contributed by atoms with Crippen molar-refractivity contribution in [3.8, 4) is 0 Å². The normalized spacial score (nSPS) is 13.8. The van der Waals surface area contributed by atoms with E-state index in [1.165, 1.54) is 4.90 Å². The highest BCUT2D eigenvalue weighted by Gasteiger charge is 2.24. The van der Waals surface area contributed by atoms with Gasteiger partial charge >= 0.3 is 0 Å². The Bertz CT molecular complexity index is 480.